The van der Waals surface area contributed by atoms with Crippen LogP contribution in [0, 0.1) is 0 Å². The van der Waals surface area contributed by atoms with Gasteiger partial charge in [0.1, 0.15) is 0 Å². The van der Waals surface area contributed by atoms with Crippen molar-refractivity contribution in [3.8, 4) is 0 Å². The van der Waals surface area contributed by atoms with Crippen molar-refractivity contribution in [3.63, 3.8) is 0 Å². The molecule has 0 aliphatic rings. The van der Waals surface area contributed by atoms with Crippen molar-refractivity contribution in [1.29, 1.82) is 0 Å². The summed E-state index contributed by atoms with van der Waals surface area (Å²) in [7, 11) is -3.77. The van der Waals surface area contributed by atoms with E-state index in [0.29, 0.717) is 12.2 Å². The molecule has 0 spiro atoms. The van der Waals surface area contributed by atoms with Gasteiger partial charge in [-0.2, -0.15) is 0 Å². The van der Waals surface area contributed by atoms with Crippen LogP contribution in [-0.2, 0) is 20.0 Å². The third kappa shape index (κ3) is 5.27. The molecular weight excluding hydrogens is 314 g/mol. The van der Waals surface area contributed by atoms with Crippen molar-refractivity contribution < 1.29 is 16.8 Å². The average molecular weight is 335 g/mol. The summed E-state index contributed by atoms with van der Waals surface area (Å²) in [5.74, 6) is -0.0431. The molecule has 7 nitrogen and oxygen atoms in total. The van der Waals surface area contributed by atoms with E-state index in [-0.39, 0.29) is 17.2 Å². The van der Waals surface area contributed by atoms with E-state index in [2.05, 4.69) is 10.0 Å². The lowest BCUT2D eigenvalue weighted by Crippen LogP contribution is -2.29. The van der Waals surface area contributed by atoms with Gasteiger partial charge in [-0.3, -0.25) is 0 Å². The van der Waals surface area contributed by atoms with Crippen molar-refractivity contribution in [3.05, 3.63) is 24.3 Å². The van der Waals surface area contributed by atoms with Crippen molar-refractivity contribution in [2.75, 3.05) is 38.3 Å². The normalized spacial score (nSPS) is 12.6. The van der Waals surface area contributed by atoms with E-state index >= 15 is 0 Å². The van der Waals surface area contributed by atoms with Crippen molar-refractivity contribution in [2.24, 2.45) is 0 Å². The molecule has 0 aliphatic heterocycles. The summed E-state index contributed by atoms with van der Waals surface area (Å²) in [5, 5.41) is 2.94. The fraction of sp³-hybridized carbons (Fsp3) is 0.500. The predicted molar refractivity (Wildman–Crippen MR) is 83.3 cm³/mol. The maximum absolute atomic E-state index is 11.9. The predicted octanol–water partition coefficient (Wildman–Crippen LogP) is 0.288. The smallest absolute Gasteiger partial charge is 0.242 e. The second-order valence-corrected chi connectivity index (χ2v) is 8.63. The second kappa shape index (κ2) is 7.21. The highest BCUT2D eigenvalue weighted by atomic mass is 32.2. The van der Waals surface area contributed by atoms with E-state index in [1.165, 1.54) is 26.2 Å². The minimum atomic E-state index is -3.45. The summed E-state index contributed by atoms with van der Waals surface area (Å²) in [4.78, 5) is 0.193. The summed E-state index contributed by atoms with van der Waals surface area (Å²) < 4.78 is 50.2. The Morgan fingerprint density at radius 1 is 1.05 bits per heavy atom. The van der Waals surface area contributed by atoms with Crippen LogP contribution in [0.15, 0.2) is 29.2 Å². The fourth-order valence-electron chi connectivity index (χ4n) is 1.58. The number of nitrogens with zero attached hydrogens (tertiary/aromatic N) is 1. The van der Waals surface area contributed by atoms with Crippen molar-refractivity contribution in [1.82, 2.24) is 9.03 Å². The Kier molecular flexibility index (Phi) is 6.14. The first-order valence-electron chi connectivity index (χ1n) is 6.43. The lowest BCUT2D eigenvalue weighted by Gasteiger charge is -2.12. The molecule has 0 bridgehead atoms. The third-order valence-corrected chi connectivity index (χ3v) is 6.00. The minimum Gasteiger partial charge on any atom is -0.384 e. The van der Waals surface area contributed by atoms with Gasteiger partial charge >= 0.3 is 0 Å². The van der Waals surface area contributed by atoms with Crippen LogP contribution in [0.3, 0.4) is 0 Å². The maximum atomic E-state index is 11.9. The zero-order chi connectivity index (χ0) is 16.1. The van der Waals surface area contributed by atoms with Gasteiger partial charge in [0.25, 0.3) is 0 Å². The van der Waals surface area contributed by atoms with Gasteiger partial charge in [0.15, 0.2) is 0 Å². The summed E-state index contributed by atoms with van der Waals surface area (Å²) in [6, 6.07) is 6.18. The van der Waals surface area contributed by atoms with Crippen LogP contribution >= 0.6 is 0 Å². The first-order valence-corrected chi connectivity index (χ1v) is 9.52. The molecule has 0 saturated heterocycles. The molecule has 0 unspecified atom stereocenters. The average Bonchev–Trinajstić information content (AvgIpc) is 2.38. The van der Waals surface area contributed by atoms with Crippen molar-refractivity contribution >= 4 is 25.7 Å². The summed E-state index contributed by atoms with van der Waals surface area (Å²) in [5.41, 5.74) is 0.666. The zero-order valence-electron chi connectivity index (χ0n) is 12.3. The van der Waals surface area contributed by atoms with Gasteiger partial charge in [0, 0.05) is 32.9 Å². The fourth-order valence-corrected chi connectivity index (χ4v) is 3.43. The van der Waals surface area contributed by atoms with E-state index in [1.807, 2.05) is 0 Å². The van der Waals surface area contributed by atoms with Gasteiger partial charge in [-0.25, -0.2) is 25.9 Å². The van der Waals surface area contributed by atoms with E-state index < -0.39 is 20.0 Å². The standard InChI is InChI=1S/C12H21N3O4S2/c1-4-14-20(16,17)10-9-13-11-5-7-12(8-6-11)21(18,19)15(2)3/h5-8,13-14H,4,9-10H2,1-3H3. The minimum absolute atomic E-state index is 0.0431. The van der Waals surface area contributed by atoms with Gasteiger partial charge in [0.05, 0.1) is 10.6 Å². The Bertz CT molecular complexity index is 652. The molecule has 1 rings (SSSR count). The molecular formula is C12H21N3O4S2. The highest BCUT2D eigenvalue weighted by Gasteiger charge is 2.16. The molecule has 0 amide bonds. The molecule has 0 aliphatic carbocycles. The van der Waals surface area contributed by atoms with E-state index in [9.17, 15) is 16.8 Å². The number of hydrogen-bond acceptors (Lipinski definition) is 5. The molecule has 0 heterocycles. The van der Waals surface area contributed by atoms with Crippen LogP contribution < -0.4 is 10.0 Å². The van der Waals surface area contributed by atoms with Crippen LogP contribution in [0.5, 0.6) is 0 Å². The SMILES string of the molecule is CCNS(=O)(=O)CCNc1ccc(S(=O)(=O)N(C)C)cc1. The molecule has 21 heavy (non-hydrogen) atoms. The quantitative estimate of drug-likeness (QED) is 0.712. The van der Waals surface area contributed by atoms with Crippen LogP contribution in [0.25, 0.3) is 0 Å². The summed E-state index contributed by atoms with van der Waals surface area (Å²) >= 11 is 0. The Morgan fingerprint density at radius 2 is 1.62 bits per heavy atom. The van der Waals surface area contributed by atoms with E-state index in [0.717, 1.165) is 4.31 Å². The van der Waals surface area contributed by atoms with Crippen LogP contribution in [-0.4, -0.2) is 54.1 Å². The second-order valence-electron chi connectivity index (χ2n) is 4.56. The van der Waals surface area contributed by atoms with E-state index in [1.54, 1.807) is 19.1 Å². The molecule has 1 aromatic rings. The van der Waals surface area contributed by atoms with Gasteiger partial charge < -0.3 is 5.32 Å². The highest BCUT2D eigenvalue weighted by Crippen LogP contribution is 2.16. The topological polar surface area (TPSA) is 95.6 Å². The zero-order valence-corrected chi connectivity index (χ0v) is 14.0. The van der Waals surface area contributed by atoms with Gasteiger partial charge in [-0.05, 0) is 24.3 Å². The van der Waals surface area contributed by atoms with Crippen LogP contribution in [0.4, 0.5) is 5.69 Å². The summed E-state index contributed by atoms with van der Waals surface area (Å²) in [6.45, 7) is 2.32. The molecule has 0 aromatic heterocycles. The Morgan fingerprint density at radius 3 is 2.10 bits per heavy atom. The number of nitrogens with one attached hydrogen (secondary N) is 2. The van der Waals surface area contributed by atoms with Gasteiger partial charge in [-0.15, -0.1) is 0 Å². The van der Waals surface area contributed by atoms with Crippen LogP contribution in [0.1, 0.15) is 6.92 Å². The monoisotopic (exact) mass is 335 g/mol. The Balaban J connectivity index is 2.65. The highest BCUT2D eigenvalue weighted by molar-refractivity contribution is 7.89. The number of anilines is 1. The lowest BCUT2D eigenvalue weighted by atomic mass is 10.3. The molecule has 0 atom stereocenters. The van der Waals surface area contributed by atoms with Gasteiger partial charge in [-0.1, -0.05) is 6.92 Å². The summed E-state index contributed by atoms with van der Waals surface area (Å²) in [6.07, 6.45) is 0. The van der Waals surface area contributed by atoms with Crippen LogP contribution in [0.2, 0.25) is 0 Å². The molecule has 1 aromatic carbocycles. The number of rotatable bonds is 8. The van der Waals surface area contributed by atoms with E-state index in [4.69, 9.17) is 0 Å². The first-order chi connectivity index (χ1) is 9.69. The lowest BCUT2D eigenvalue weighted by molar-refractivity contribution is 0.521. The first kappa shape index (κ1) is 17.9. The molecule has 0 saturated carbocycles. The molecule has 0 fully saturated rings. The Labute approximate surface area is 126 Å². The molecule has 0 radical (unpaired) electrons. The molecule has 120 valence electrons. The Hall–Kier alpha value is -1.16. The maximum Gasteiger partial charge on any atom is 0.242 e. The number of sulfonamides is 2. The molecule has 2 N–H and O–H groups in total. The van der Waals surface area contributed by atoms with Crippen molar-refractivity contribution in [2.45, 2.75) is 11.8 Å². The van der Waals surface area contributed by atoms with Gasteiger partial charge in [0.2, 0.25) is 20.0 Å². The largest absolute Gasteiger partial charge is 0.384 e. The molecule has 9 heteroatoms. The number of hydrogen-bond donors (Lipinski definition) is 2. The third-order valence-electron chi connectivity index (χ3n) is 2.70. The number of benzene rings is 1.